The van der Waals surface area contributed by atoms with Crippen molar-refractivity contribution in [2.75, 3.05) is 7.11 Å². The van der Waals surface area contributed by atoms with Gasteiger partial charge in [0.1, 0.15) is 11.3 Å². The van der Waals surface area contributed by atoms with E-state index in [1.807, 2.05) is 0 Å². The van der Waals surface area contributed by atoms with Crippen LogP contribution in [-0.2, 0) is 11.3 Å². The second kappa shape index (κ2) is 9.82. The van der Waals surface area contributed by atoms with Crippen LogP contribution in [0.15, 0.2) is 33.9 Å². The van der Waals surface area contributed by atoms with Gasteiger partial charge in [-0.15, -0.1) is 0 Å². The summed E-state index contributed by atoms with van der Waals surface area (Å²) >= 11 is 0. The van der Waals surface area contributed by atoms with Crippen molar-refractivity contribution < 1.29 is 29.3 Å². The number of nitrogens with two attached hydrogens (primary N) is 1. The molecule has 1 aliphatic carbocycles. The van der Waals surface area contributed by atoms with E-state index in [0.29, 0.717) is 23.2 Å². The quantitative estimate of drug-likeness (QED) is 0.380. The third-order valence-electron chi connectivity index (χ3n) is 5.80. The number of carbonyl (C=O) groups is 3. The summed E-state index contributed by atoms with van der Waals surface area (Å²) in [5.74, 6) is -4.20. The highest BCUT2D eigenvalue weighted by atomic mass is 16.5. The highest BCUT2D eigenvalue weighted by Crippen LogP contribution is 2.27. The van der Waals surface area contributed by atoms with Gasteiger partial charge in [0.25, 0.3) is 5.56 Å². The molecule has 1 aromatic carbocycles. The molecule has 1 saturated carbocycles. The van der Waals surface area contributed by atoms with E-state index in [-0.39, 0.29) is 5.56 Å². The molecular formula is C22H25N3O8. The van der Waals surface area contributed by atoms with Gasteiger partial charge in [-0.05, 0) is 37.1 Å². The number of carboxylic acids is 1. The third-order valence-corrected chi connectivity index (χ3v) is 5.80. The molecule has 33 heavy (non-hydrogen) atoms. The molecule has 1 aromatic heterocycles. The number of ketones is 2. The second-order valence-electron chi connectivity index (χ2n) is 7.87. The summed E-state index contributed by atoms with van der Waals surface area (Å²) in [4.78, 5) is 63.0. The molecular weight excluding hydrogens is 434 g/mol. The Morgan fingerprint density at radius 2 is 1.73 bits per heavy atom. The molecule has 3 rings (SSSR count). The van der Waals surface area contributed by atoms with Gasteiger partial charge in [0.15, 0.2) is 11.8 Å². The molecule has 11 nitrogen and oxygen atoms in total. The molecule has 0 amide bonds. The number of benzene rings is 1. The molecule has 1 unspecified atom stereocenters. The number of Topliss-reactive ketones (excluding diaryl/α,β-unsaturated/α-hetero) is 2. The monoisotopic (exact) mass is 459 g/mol. The van der Waals surface area contributed by atoms with Crippen molar-refractivity contribution in [2.24, 2.45) is 5.73 Å². The van der Waals surface area contributed by atoms with Crippen molar-refractivity contribution in [2.45, 2.75) is 50.7 Å². The predicted molar refractivity (Wildman–Crippen MR) is 116 cm³/mol. The zero-order valence-electron chi connectivity index (χ0n) is 18.0. The van der Waals surface area contributed by atoms with Gasteiger partial charge in [-0.1, -0.05) is 19.3 Å². The lowest BCUT2D eigenvalue weighted by Gasteiger charge is -2.25. The Kier molecular flexibility index (Phi) is 7.12. The summed E-state index contributed by atoms with van der Waals surface area (Å²) in [6, 6.07) is 3.35. The van der Waals surface area contributed by atoms with Crippen LogP contribution >= 0.6 is 0 Å². The first-order chi connectivity index (χ1) is 15.7. The number of ether oxygens (including phenoxy) is 1. The first-order valence-corrected chi connectivity index (χ1v) is 10.5. The predicted octanol–water partition coefficient (Wildman–Crippen LogP) is 0.707. The number of carboxylic acid groups (broad SMARTS) is 1. The number of hydrogen-bond acceptors (Lipinski definition) is 8. The van der Waals surface area contributed by atoms with E-state index in [1.54, 1.807) is 12.1 Å². The summed E-state index contributed by atoms with van der Waals surface area (Å²) in [5, 5.41) is 19.8. The van der Waals surface area contributed by atoms with Crippen LogP contribution in [0.1, 0.15) is 58.9 Å². The maximum absolute atomic E-state index is 13.2. The Labute approximate surface area is 188 Å². The van der Waals surface area contributed by atoms with Gasteiger partial charge in [0.05, 0.1) is 13.7 Å². The van der Waals surface area contributed by atoms with Crippen LogP contribution in [0.3, 0.4) is 0 Å². The van der Waals surface area contributed by atoms with Crippen LogP contribution in [0, 0.1) is 0 Å². The fourth-order valence-electron chi connectivity index (χ4n) is 3.96. The maximum Gasteiger partial charge on any atom is 0.334 e. The highest BCUT2D eigenvalue weighted by Gasteiger charge is 2.33. The fraction of sp³-hybridized carbons (Fsp3) is 0.409. The number of aromatic hydroxyl groups is 1. The fourth-order valence-corrected chi connectivity index (χ4v) is 3.96. The minimum absolute atomic E-state index is 0.202. The lowest BCUT2D eigenvalue weighted by atomic mass is 9.95. The molecule has 176 valence electrons. The van der Waals surface area contributed by atoms with E-state index in [9.17, 15) is 29.1 Å². The van der Waals surface area contributed by atoms with Crippen molar-refractivity contribution in [3.63, 3.8) is 0 Å². The lowest BCUT2D eigenvalue weighted by molar-refractivity contribution is -0.137. The molecule has 0 spiro atoms. The van der Waals surface area contributed by atoms with Gasteiger partial charge in [-0.2, -0.15) is 0 Å². The molecule has 11 heteroatoms. The molecule has 0 bridgehead atoms. The van der Waals surface area contributed by atoms with Gasteiger partial charge in [0, 0.05) is 11.6 Å². The van der Waals surface area contributed by atoms with E-state index < -0.39 is 58.9 Å². The zero-order chi connectivity index (χ0) is 24.3. The van der Waals surface area contributed by atoms with Crippen LogP contribution in [0.5, 0.6) is 11.6 Å². The van der Waals surface area contributed by atoms with Crippen molar-refractivity contribution in [1.29, 1.82) is 0 Å². The van der Waals surface area contributed by atoms with E-state index in [0.717, 1.165) is 23.8 Å². The average Bonchev–Trinajstić information content (AvgIpc) is 2.81. The second-order valence-corrected chi connectivity index (χ2v) is 7.87. The Bertz CT molecular complexity index is 1190. The largest absolute Gasteiger partial charge is 0.497 e. The van der Waals surface area contributed by atoms with Gasteiger partial charge < -0.3 is 20.7 Å². The minimum Gasteiger partial charge on any atom is -0.497 e. The molecule has 4 N–H and O–H groups in total. The van der Waals surface area contributed by atoms with E-state index in [2.05, 4.69) is 0 Å². The van der Waals surface area contributed by atoms with Crippen LogP contribution in [0.25, 0.3) is 0 Å². The smallest absolute Gasteiger partial charge is 0.334 e. The van der Waals surface area contributed by atoms with Gasteiger partial charge in [-0.25, -0.2) is 4.79 Å². The molecule has 0 aliphatic heterocycles. The molecule has 1 heterocycles. The van der Waals surface area contributed by atoms with E-state index in [4.69, 9.17) is 15.6 Å². The number of rotatable bonds is 8. The van der Waals surface area contributed by atoms with Crippen LogP contribution in [-0.4, -0.2) is 50.0 Å². The summed E-state index contributed by atoms with van der Waals surface area (Å²) in [6.45, 7) is -0.674. The summed E-state index contributed by atoms with van der Waals surface area (Å²) < 4.78 is 6.49. The summed E-state index contributed by atoms with van der Waals surface area (Å²) in [5.41, 5.74) is 2.61. The molecule has 1 atom stereocenters. The normalized spacial score (nSPS) is 15.1. The number of nitrogens with zero attached hydrogens (tertiary/aromatic N) is 2. The Balaban J connectivity index is 2.15. The first-order valence-electron chi connectivity index (χ1n) is 10.5. The van der Waals surface area contributed by atoms with Crippen molar-refractivity contribution in [1.82, 2.24) is 9.13 Å². The maximum atomic E-state index is 13.2. The molecule has 0 radical (unpaired) electrons. The third kappa shape index (κ3) is 4.72. The molecule has 2 aromatic rings. The minimum atomic E-state index is -2.12. The molecule has 1 fully saturated rings. The van der Waals surface area contributed by atoms with E-state index >= 15 is 0 Å². The molecule has 1 aliphatic rings. The number of carbonyl (C=O) groups excluding carboxylic acids is 2. The zero-order valence-corrected chi connectivity index (χ0v) is 18.0. The van der Waals surface area contributed by atoms with Crippen LogP contribution in [0.2, 0.25) is 0 Å². The lowest BCUT2D eigenvalue weighted by Crippen LogP contribution is -2.48. The SMILES string of the molecule is COc1ccc(C(=O)Cn2c(O)c(C(=O)C(N)C(=O)O)c(=O)n(C3CCCCC3)c2=O)cc1. The number of aliphatic carboxylic acids is 1. The Morgan fingerprint density at radius 3 is 2.27 bits per heavy atom. The van der Waals surface area contributed by atoms with Crippen LogP contribution in [0.4, 0.5) is 0 Å². The number of hydrogen-bond donors (Lipinski definition) is 3. The standard InChI is InChI=1S/C22H25N3O8/c1-33-14-9-7-12(8-10-14)15(26)11-24-19(28)16(18(27)17(23)21(30)31)20(29)25(22(24)32)13-5-3-2-4-6-13/h7-10,13,17,28H,2-6,11,23H2,1H3,(H,30,31). The van der Waals surface area contributed by atoms with Crippen LogP contribution < -0.4 is 21.7 Å². The van der Waals surface area contributed by atoms with Gasteiger partial charge in [-0.3, -0.25) is 28.3 Å². The molecule has 0 saturated heterocycles. The van der Waals surface area contributed by atoms with Gasteiger partial charge >= 0.3 is 11.7 Å². The van der Waals surface area contributed by atoms with Crippen molar-refractivity contribution in [3.05, 3.63) is 56.2 Å². The highest BCUT2D eigenvalue weighted by molar-refractivity contribution is 6.12. The van der Waals surface area contributed by atoms with Gasteiger partial charge in [0.2, 0.25) is 11.7 Å². The Hall–Kier alpha value is -3.73. The first kappa shape index (κ1) is 23.9. The van der Waals surface area contributed by atoms with Crippen molar-refractivity contribution in [3.8, 4) is 11.6 Å². The summed E-state index contributed by atoms with van der Waals surface area (Å²) in [7, 11) is 1.46. The average molecular weight is 459 g/mol. The van der Waals surface area contributed by atoms with Crippen molar-refractivity contribution >= 4 is 17.5 Å². The topological polar surface area (TPSA) is 171 Å². The number of aromatic nitrogens is 2. The van der Waals surface area contributed by atoms with E-state index in [1.165, 1.54) is 19.2 Å². The number of methoxy groups -OCH3 is 1. The Morgan fingerprint density at radius 1 is 1.12 bits per heavy atom. The summed E-state index contributed by atoms with van der Waals surface area (Å²) in [6.07, 6.45) is 3.40.